The molecule has 0 aliphatic heterocycles. The van der Waals surface area contributed by atoms with Gasteiger partial charge in [-0.3, -0.25) is 6.08 Å². The summed E-state index contributed by atoms with van der Waals surface area (Å²) in [5, 5.41) is 3.06. The van der Waals surface area contributed by atoms with Gasteiger partial charge in [-0.15, -0.1) is 6.92 Å². The molecular weight excluding hydrogens is 507 g/mol. The molecule has 1 aliphatic carbocycles. The summed E-state index contributed by atoms with van der Waals surface area (Å²) in [5.41, 5.74) is 8.59. The minimum Gasteiger partial charge on any atom is -1.00 e. The van der Waals surface area contributed by atoms with E-state index in [4.69, 9.17) is 0 Å². The average Bonchev–Trinajstić information content (AvgIpc) is 2.90. The summed E-state index contributed by atoms with van der Waals surface area (Å²) >= 11 is 0. The molecule has 0 saturated heterocycles. The SMILES string of the molecule is CCc1cc(CC)cc([Si](C)(c2ccccc2C)C2(C)[C-]=C(C)C(C)=C2C)c1.[Cl-].[Cl-].[Cl-].[Ti+4]. The fourth-order valence-electron chi connectivity index (χ4n) is 5.03. The number of hydrogen-bond donors (Lipinski definition) is 0. The van der Waals surface area contributed by atoms with E-state index < -0.39 is 8.07 Å². The Morgan fingerprint density at radius 1 is 0.844 bits per heavy atom. The van der Waals surface area contributed by atoms with Gasteiger partial charge >= 0.3 is 21.7 Å². The summed E-state index contributed by atoms with van der Waals surface area (Å²) in [6, 6.07) is 16.5. The first-order valence-electron chi connectivity index (χ1n) is 10.7. The van der Waals surface area contributed by atoms with Gasteiger partial charge in [0.05, 0.1) is 0 Å². The van der Waals surface area contributed by atoms with Crippen LogP contribution in [0.15, 0.2) is 59.2 Å². The van der Waals surface area contributed by atoms with Crippen molar-refractivity contribution in [3.05, 3.63) is 82.0 Å². The second-order valence-corrected chi connectivity index (χ2v) is 13.2. The van der Waals surface area contributed by atoms with Crippen LogP contribution >= 0.6 is 0 Å². The van der Waals surface area contributed by atoms with Crippen molar-refractivity contribution in [1.29, 1.82) is 0 Å². The van der Waals surface area contributed by atoms with Crippen molar-refractivity contribution in [2.75, 3.05) is 0 Å². The first-order chi connectivity index (χ1) is 13.2. The smallest absolute Gasteiger partial charge is 1.00 e. The van der Waals surface area contributed by atoms with E-state index in [9.17, 15) is 0 Å². The molecule has 0 N–H and O–H groups in total. The topological polar surface area (TPSA) is 0 Å². The summed E-state index contributed by atoms with van der Waals surface area (Å²) in [6.07, 6.45) is 6.14. The Morgan fingerprint density at radius 2 is 1.34 bits per heavy atom. The van der Waals surface area contributed by atoms with E-state index in [1.54, 1.807) is 10.4 Å². The molecule has 0 spiro atoms. The van der Waals surface area contributed by atoms with E-state index in [-0.39, 0.29) is 64.0 Å². The van der Waals surface area contributed by atoms with Crippen molar-refractivity contribution in [1.82, 2.24) is 0 Å². The van der Waals surface area contributed by atoms with Gasteiger partial charge < -0.3 is 37.2 Å². The monoisotopic (exact) mass is 540 g/mol. The summed E-state index contributed by atoms with van der Waals surface area (Å²) in [4.78, 5) is 0. The van der Waals surface area contributed by atoms with Gasteiger partial charge in [0.15, 0.2) is 0 Å². The third kappa shape index (κ3) is 5.51. The number of allylic oxidation sites excluding steroid dienone is 4. The van der Waals surface area contributed by atoms with E-state index in [0.717, 1.165) is 12.8 Å². The van der Waals surface area contributed by atoms with Gasteiger partial charge in [0.1, 0.15) is 8.07 Å². The Labute approximate surface area is 230 Å². The molecule has 5 heteroatoms. The summed E-state index contributed by atoms with van der Waals surface area (Å²) in [5.74, 6) is 0. The van der Waals surface area contributed by atoms with E-state index in [0.29, 0.717) is 0 Å². The number of benzene rings is 2. The number of hydrogen-bond acceptors (Lipinski definition) is 0. The van der Waals surface area contributed by atoms with Crippen LogP contribution in [0.4, 0.5) is 0 Å². The molecule has 2 aromatic carbocycles. The zero-order valence-corrected chi connectivity index (χ0v) is 25.4. The minimum absolute atomic E-state index is 0. The molecule has 2 atom stereocenters. The van der Waals surface area contributed by atoms with Gasteiger partial charge in [0.2, 0.25) is 0 Å². The minimum atomic E-state index is -2.17. The standard InChI is InChI=1S/C27H35Si.3ClH.Ti/c1-9-23-15-24(10-2)17-25(16-23)28(8,26-14-12-11-13-19(26)3)27(7)18-20(4)21(5)22(27)6;;;;/h11-17H,9-10H2,1-8H3;3*1H;/q-1;;;;+4/p-3. The molecular formula is C27H35Cl3SiTi. The summed E-state index contributed by atoms with van der Waals surface area (Å²) in [6.45, 7) is 18.7. The maximum atomic E-state index is 3.97. The third-order valence-electron chi connectivity index (χ3n) is 7.44. The quantitative estimate of drug-likeness (QED) is 0.283. The molecule has 0 aromatic heterocycles. The predicted molar refractivity (Wildman–Crippen MR) is 126 cm³/mol. The molecule has 0 saturated carbocycles. The first kappa shape index (κ1) is 33.9. The number of aryl methyl sites for hydroxylation is 3. The fraction of sp³-hybridized carbons (Fsp3) is 0.407. The zero-order valence-electron chi connectivity index (χ0n) is 20.6. The molecule has 0 radical (unpaired) electrons. The third-order valence-corrected chi connectivity index (χ3v) is 13.0. The average molecular weight is 542 g/mol. The molecule has 0 amide bonds. The van der Waals surface area contributed by atoms with Crippen LogP contribution in [0.2, 0.25) is 11.6 Å². The maximum absolute atomic E-state index is 3.97. The fourth-order valence-corrected chi connectivity index (χ4v) is 10.1. The van der Waals surface area contributed by atoms with Crippen molar-refractivity contribution in [2.45, 2.75) is 72.9 Å². The van der Waals surface area contributed by atoms with Gasteiger partial charge in [-0.25, -0.2) is 5.57 Å². The molecule has 0 heterocycles. The van der Waals surface area contributed by atoms with E-state index in [1.165, 1.54) is 33.4 Å². The summed E-state index contributed by atoms with van der Waals surface area (Å²) < 4.78 is 0. The Kier molecular flexibility index (Phi) is 13.7. The van der Waals surface area contributed by atoms with E-state index >= 15 is 0 Å². The largest absolute Gasteiger partial charge is 4.00 e. The van der Waals surface area contributed by atoms with Crippen LogP contribution in [0.1, 0.15) is 58.2 Å². The van der Waals surface area contributed by atoms with Crippen LogP contribution in [-0.4, -0.2) is 8.07 Å². The van der Waals surface area contributed by atoms with Gasteiger partial charge in [0.25, 0.3) is 0 Å². The second kappa shape index (κ2) is 13.0. The first-order valence-corrected chi connectivity index (χ1v) is 13.2. The van der Waals surface area contributed by atoms with Crippen molar-refractivity contribution < 1.29 is 58.9 Å². The number of rotatable bonds is 5. The zero-order chi connectivity index (χ0) is 20.7. The maximum Gasteiger partial charge on any atom is 4.00 e. The summed E-state index contributed by atoms with van der Waals surface area (Å²) in [7, 11) is -2.17. The predicted octanol–water partition coefficient (Wildman–Crippen LogP) is -2.82. The molecule has 3 rings (SSSR count). The van der Waals surface area contributed by atoms with Crippen molar-refractivity contribution in [3.63, 3.8) is 0 Å². The Balaban J connectivity index is 0. The second-order valence-electron chi connectivity index (χ2n) is 8.81. The molecule has 172 valence electrons. The molecule has 0 bridgehead atoms. The van der Waals surface area contributed by atoms with Crippen LogP contribution in [0.5, 0.6) is 0 Å². The number of halogens is 3. The van der Waals surface area contributed by atoms with Crippen molar-refractivity contribution in [3.8, 4) is 0 Å². The Bertz CT molecular complexity index is 960. The molecule has 1 aliphatic rings. The molecule has 0 nitrogen and oxygen atoms in total. The Hall–Kier alpha value is -0.279. The molecule has 32 heavy (non-hydrogen) atoms. The van der Waals surface area contributed by atoms with Gasteiger partial charge in [-0.05, 0) is 30.9 Å². The normalized spacial score (nSPS) is 18.9. The van der Waals surface area contributed by atoms with Crippen molar-refractivity contribution >= 4 is 18.4 Å². The van der Waals surface area contributed by atoms with Crippen LogP contribution in [0, 0.1) is 13.0 Å². The van der Waals surface area contributed by atoms with Gasteiger partial charge in [0, 0.05) is 0 Å². The molecule has 2 unspecified atom stereocenters. The van der Waals surface area contributed by atoms with Crippen LogP contribution < -0.4 is 47.6 Å². The molecule has 2 aromatic rings. The van der Waals surface area contributed by atoms with E-state index in [2.05, 4.69) is 104 Å². The van der Waals surface area contributed by atoms with Crippen LogP contribution in [-0.2, 0) is 34.6 Å². The van der Waals surface area contributed by atoms with Crippen LogP contribution in [0.25, 0.3) is 0 Å². The molecule has 0 fully saturated rings. The van der Waals surface area contributed by atoms with E-state index in [1.807, 2.05) is 0 Å². The Morgan fingerprint density at radius 3 is 1.75 bits per heavy atom. The van der Waals surface area contributed by atoms with Gasteiger partial charge in [-0.2, -0.15) is 11.1 Å². The van der Waals surface area contributed by atoms with Crippen LogP contribution in [0.3, 0.4) is 0 Å². The van der Waals surface area contributed by atoms with Gasteiger partial charge in [-0.1, -0.05) is 105 Å². The van der Waals surface area contributed by atoms with Crippen molar-refractivity contribution in [2.24, 2.45) is 0 Å².